The molecule has 0 heterocycles. The summed E-state index contributed by atoms with van der Waals surface area (Å²) in [5.41, 5.74) is 0. The van der Waals surface area contributed by atoms with Crippen LogP contribution in [0.5, 0.6) is 0 Å². The topological polar surface area (TPSA) is 237 Å². The van der Waals surface area contributed by atoms with Crippen molar-refractivity contribution in [2.75, 3.05) is 39.6 Å². The first-order valence-electron chi connectivity index (χ1n) is 38.5. The lowest BCUT2D eigenvalue weighted by Crippen LogP contribution is -2.30. The van der Waals surface area contributed by atoms with E-state index in [0.29, 0.717) is 25.7 Å². The van der Waals surface area contributed by atoms with E-state index in [1.54, 1.807) is 0 Å². The van der Waals surface area contributed by atoms with Gasteiger partial charge in [-0.1, -0.05) is 330 Å². The summed E-state index contributed by atoms with van der Waals surface area (Å²) in [4.78, 5) is 72.5. The van der Waals surface area contributed by atoms with Crippen LogP contribution >= 0.6 is 15.6 Å². The van der Waals surface area contributed by atoms with Crippen LogP contribution in [0, 0.1) is 11.8 Å². The fourth-order valence-corrected chi connectivity index (χ4v) is 12.9. The van der Waals surface area contributed by atoms with Gasteiger partial charge in [-0.3, -0.25) is 37.3 Å². The molecule has 3 N–H and O–H groups in total. The Hall–Kier alpha value is -1.94. The predicted molar refractivity (Wildman–Crippen MR) is 377 cm³/mol. The molecule has 0 aliphatic heterocycles. The third-order valence-corrected chi connectivity index (χ3v) is 19.1. The summed E-state index contributed by atoms with van der Waals surface area (Å²) in [5.74, 6) is -0.554. The van der Waals surface area contributed by atoms with Crippen LogP contribution in [0.3, 0.4) is 0 Å². The number of ether oxygens (including phenoxy) is 4. The maximum Gasteiger partial charge on any atom is 0.472 e. The fourth-order valence-electron chi connectivity index (χ4n) is 11.3. The van der Waals surface area contributed by atoms with E-state index < -0.39 is 97.5 Å². The summed E-state index contributed by atoms with van der Waals surface area (Å²) < 4.78 is 68.2. The SMILES string of the molecule is CCCCCCCCCCCCCCCCCC(=O)OC[C@H](COP(=O)(O)OC[C@@H](O)COP(=O)(O)OC[C@@H](COC(=O)CCCCCCC)OC(=O)CCCCCCCCCCCCCC(C)C)OC(=O)CCCCCCCCCCCCCCCCCCC(C)C. The number of carbonyl (C=O) groups excluding carboxylic acids is 4. The molecule has 0 aromatic carbocycles. The Morgan fingerprint density at radius 2 is 0.495 bits per heavy atom. The van der Waals surface area contributed by atoms with E-state index in [4.69, 9.17) is 37.0 Å². The summed E-state index contributed by atoms with van der Waals surface area (Å²) in [6.07, 6.45) is 53.1. The van der Waals surface area contributed by atoms with Crippen molar-refractivity contribution in [1.82, 2.24) is 0 Å². The molecule has 2 unspecified atom stereocenters. The van der Waals surface area contributed by atoms with Crippen LogP contribution < -0.4 is 0 Å². The average molecular weight is 1370 g/mol. The van der Waals surface area contributed by atoms with E-state index in [2.05, 4.69) is 41.5 Å². The van der Waals surface area contributed by atoms with Crippen LogP contribution in [0.2, 0.25) is 0 Å². The summed E-state index contributed by atoms with van der Waals surface area (Å²) in [7, 11) is -9.90. The van der Waals surface area contributed by atoms with Gasteiger partial charge < -0.3 is 33.8 Å². The molecule has 0 spiro atoms. The van der Waals surface area contributed by atoms with Crippen LogP contribution in [-0.2, 0) is 65.4 Å². The number of aliphatic hydroxyl groups is 1. The van der Waals surface area contributed by atoms with Gasteiger partial charge in [0.25, 0.3) is 0 Å². The van der Waals surface area contributed by atoms with Gasteiger partial charge in [0.05, 0.1) is 26.4 Å². The smallest absolute Gasteiger partial charge is 0.462 e. The van der Waals surface area contributed by atoms with Gasteiger partial charge in [-0.05, 0) is 37.5 Å². The first-order chi connectivity index (χ1) is 44.9. The lowest BCUT2D eigenvalue weighted by atomic mass is 10.0. The Morgan fingerprint density at radius 1 is 0.290 bits per heavy atom. The highest BCUT2D eigenvalue weighted by molar-refractivity contribution is 7.47. The zero-order valence-corrected chi connectivity index (χ0v) is 62.3. The summed E-state index contributed by atoms with van der Waals surface area (Å²) in [6, 6.07) is 0. The summed E-state index contributed by atoms with van der Waals surface area (Å²) in [6.45, 7) is 9.53. The normalized spacial score (nSPS) is 14.1. The molecule has 0 radical (unpaired) electrons. The Bertz CT molecular complexity index is 1800. The number of aliphatic hydroxyl groups excluding tert-OH is 1. The van der Waals surface area contributed by atoms with Crippen LogP contribution in [0.1, 0.15) is 382 Å². The van der Waals surface area contributed by atoms with Crippen molar-refractivity contribution in [3.8, 4) is 0 Å². The van der Waals surface area contributed by atoms with Crippen molar-refractivity contribution >= 4 is 39.5 Å². The fraction of sp³-hybridized carbons (Fsp3) is 0.946. The monoisotopic (exact) mass is 1370 g/mol. The van der Waals surface area contributed by atoms with Gasteiger partial charge in [0.1, 0.15) is 19.3 Å². The van der Waals surface area contributed by atoms with Gasteiger partial charge in [0.2, 0.25) is 0 Å². The number of phosphoric acid groups is 2. The third-order valence-electron chi connectivity index (χ3n) is 17.2. The number of esters is 4. The van der Waals surface area contributed by atoms with Crippen molar-refractivity contribution in [2.24, 2.45) is 11.8 Å². The first kappa shape index (κ1) is 91.1. The molecule has 0 fully saturated rings. The quantitative estimate of drug-likeness (QED) is 0.0222. The lowest BCUT2D eigenvalue weighted by molar-refractivity contribution is -0.161. The van der Waals surface area contributed by atoms with Crippen LogP contribution in [-0.4, -0.2) is 96.7 Å². The molecule has 0 saturated carbocycles. The number of carbonyl (C=O) groups is 4. The average Bonchev–Trinajstić information content (AvgIpc) is 3.22. The lowest BCUT2D eigenvalue weighted by Gasteiger charge is -2.21. The number of unbranched alkanes of at least 4 members (excludes halogenated alkanes) is 43. The zero-order chi connectivity index (χ0) is 68.6. The van der Waals surface area contributed by atoms with Crippen LogP contribution in [0.25, 0.3) is 0 Å². The Balaban J connectivity index is 5.14. The second-order valence-corrected chi connectivity index (χ2v) is 30.5. The maximum absolute atomic E-state index is 13.1. The van der Waals surface area contributed by atoms with Crippen molar-refractivity contribution in [3.63, 3.8) is 0 Å². The molecule has 0 saturated heterocycles. The van der Waals surface area contributed by atoms with Crippen molar-refractivity contribution < 1.29 is 80.2 Å². The molecule has 5 atom stereocenters. The molecule has 0 amide bonds. The zero-order valence-electron chi connectivity index (χ0n) is 60.6. The van der Waals surface area contributed by atoms with E-state index in [0.717, 1.165) is 108 Å². The first-order valence-corrected chi connectivity index (χ1v) is 41.5. The molecular weight excluding hydrogens is 1220 g/mol. The summed E-state index contributed by atoms with van der Waals surface area (Å²) in [5, 5.41) is 10.6. The summed E-state index contributed by atoms with van der Waals surface area (Å²) >= 11 is 0. The highest BCUT2D eigenvalue weighted by Crippen LogP contribution is 2.45. The number of hydrogen-bond acceptors (Lipinski definition) is 15. The Kier molecular flexibility index (Phi) is 64.6. The largest absolute Gasteiger partial charge is 0.472 e. The minimum absolute atomic E-state index is 0.106. The second-order valence-electron chi connectivity index (χ2n) is 27.6. The van der Waals surface area contributed by atoms with E-state index in [9.17, 15) is 43.2 Å². The minimum Gasteiger partial charge on any atom is -0.462 e. The predicted octanol–water partition coefficient (Wildman–Crippen LogP) is 21.6. The maximum atomic E-state index is 13.1. The van der Waals surface area contributed by atoms with Crippen LogP contribution in [0.4, 0.5) is 0 Å². The Labute approximate surface area is 568 Å². The number of hydrogen-bond donors (Lipinski definition) is 3. The molecule has 0 bridgehead atoms. The van der Waals surface area contributed by atoms with Gasteiger partial charge >= 0.3 is 39.5 Å². The molecule has 0 aromatic rings. The molecule has 0 aliphatic rings. The Morgan fingerprint density at radius 3 is 0.731 bits per heavy atom. The van der Waals surface area contributed by atoms with Gasteiger partial charge in [0.15, 0.2) is 12.2 Å². The second kappa shape index (κ2) is 66.0. The number of rotatable bonds is 73. The molecule has 552 valence electrons. The van der Waals surface area contributed by atoms with E-state index in [1.165, 1.54) is 193 Å². The van der Waals surface area contributed by atoms with Gasteiger partial charge in [-0.2, -0.15) is 0 Å². The van der Waals surface area contributed by atoms with E-state index in [1.807, 2.05) is 0 Å². The molecule has 93 heavy (non-hydrogen) atoms. The highest BCUT2D eigenvalue weighted by Gasteiger charge is 2.30. The molecule has 0 rings (SSSR count). The van der Waals surface area contributed by atoms with Crippen molar-refractivity contribution in [2.45, 2.75) is 400 Å². The van der Waals surface area contributed by atoms with E-state index >= 15 is 0 Å². The highest BCUT2D eigenvalue weighted by atomic mass is 31.2. The molecule has 0 aromatic heterocycles. The minimum atomic E-state index is -4.95. The van der Waals surface area contributed by atoms with Gasteiger partial charge in [-0.15, -0.1) is 0 Å². The van der Waals surface area contributed by atoms with Crippen LogP contribution in [0.15, 0.2) is 0 Å². The van der Waals surface area contributed by atoms with Gasteiger partial charge in [0, 0.05) is 25.7 Å². The number of phosphoric ester groups is 2. The van der Waals surface area contributed by atoms with E-state index in [-0.39, 0.29) is 25.7 Å². The molecular formula is C74H144O17P2. The van der Waals surface area contributed by atoms with Gasteiger partial charge in [-0.25, -0.2) is 9.13 Å². The third kappa shape index (κ3) is 68.4. The molecule has 17 nitrogen and oxygen atoms in total. The molecule has 0 aliphatic carbocycles. The van der Waals surface area contributed by atoms with Crippen molar-refractivity contribution in [1.29, 1.82) is 0 Å². The van der Waals surface area contributed by atoms with Crippen molar-refractivity contribution in [3.05, 3.63) is 0 Å². The standard InChI is InChI=1S/C74H144O17P2/c1-7-9-11-13-14-15-16-17-20-24-29-34-39-45-51-57-72(77)85-63-70(91-74(79)58-52-46-40-35-30-25-22-19-18-21-23-27-32-37-43-48-54-66(3)4)65-89-93(82,83)87-61-68(75)60-86-92(80,81)88-64-69(62-84-71(76)56-50-42-12-10-8-2)90-73(78)59-53-47-41-36-31-26-28-33-38-44-49-55-67(5)6/h66-70,75H,7-65H2,1-6H3,(H,80,81)(H,82,83)/t68-,69+,70+/m0/s1. The molecule has 19 heteroatoms.